The quantitative estimate of drug-likeness (QED) is 0.618. The van der Waals surface area contributed by atoms with Gasteiger partial charge in [0.1, 0.15) is 0 Å². The lowest BCUT2D eigenvalue weighted by molar-refractivity contribution is 0.488. The van der Waals surface area contributed by atoms with Gasteiger partial charge in [0.05, 0.1) is 0 Å². The molecule has 0 aromatic rings. The molecule has 0 saturated heterocycles. The van der Waals surface area contributed by atoms with Crippen LogP contribution in [0.3, 0.4) is 0 Å². The summed E-state index contributed by atoms with van der Waals surface area (Å²) in [5.41, 5.74) is 0. The van der Waals surface area contributed by atoms with Gasteiger partial charge in [0.15, 0.2) is 0 Å². The SMILES string of the molecule is Br[C@@H]1[C@@H]2CC[C@@H](C2)[C@H]1S[C@H]1[C@@H]2CC[C@H](C2)[C@@H]1Br. The first-order chi connectivity index (χ1) is 8.24. The van der Waals surface area contributed by atoms with Crippen molar-refractivity contribution in [3.05, 3.63) is 0 Å². The van der Waals surface area contributed by atoms with Crippen molar-refractivity contribution in [2.45, 2.75) is 58.7 Å². The number of thioether (sulfide) groups is 1. The molecule has 0 spiro atoms. The zero-order valence-electron chi connectivity index (χ0n) is 10.0. The fourth-order valence-corrected chi connectivity index (χ4v) is 9.51. The Hall–Kier alpha value is 1.31. The van der Waals surface area contributed by atoms with Gasteiger partial charge in [-0.25, -0.2) is 0 Å². The molecule has 0 amide bonds. The number of halogens is 2. The van der Waals surface area contributed by atoms with Gasteiger partial charge in [-0.3, -0.25) is 0 Å². The van der Waals surface area contributed by atoms with Crippen LogP contribution in [0.5, 0.6) is 0 Å². The lowest BCUT2D eigenvalue weighted by Crippen LogP contribution is -2.32. The van der Waals surface area contributed by atoms with E-state index in [4.69, 9.17) is 0 Å². The minimum absolute atomic E-state index is 0.824. The molecule has 4 fully saturated rings. The number of rotatable bonds is 2. The average molecular weight is 380 g/mol. The smallest absolute Gasteiger partial charge is 0.0295 e. The van der Waals surface area contributed by atoms with Crippen LogP contribution < -0.4 is 0 Å². The van der Waals surface area contributed by atoms with E-state index in [0.717, 1.165) is 43.8 Å². The molecule has 0 nitrogen and oxygen atoms in total. The summed E-state index contributed by atoms with van der Waals surface area (Å²) in [4.78, 5) is 1.65. The molecular formula is C14H20Br2S. The number of hydrogen-bond donors (Lipinski definition) is 0. The van der Waals surface area contributed by atoms with Crippen LogP contribution in [0.2, 0.25) is 0 Å². The molecule has 0 aromatic heterocycles. The summed E-state index contributed by atoms with van der Waals surface area (Å²) in [5, 5.41) is 1.86. The van der Waals surface area contributed by atoms with Gasteiger partial charge in [-0.15, -0.1) is 0 Å². The lowest BCUT2D eigenvalue weighted by atomic mass is 9.99. The third-order valence-corrected chi connectivity index (χ3v) is 11.1. The van der Waals surface area contributed by atoms with E-state index in [9.17, 15) is 0 Å². The van der Waals surface area contributed by atoms with E-state index < -0.39 is 0 Å². The van der Waals surface area contributed by atoms with E-state index in [2.05, 4.69) is 43.6 Å². The monoisotopic (exact) mass is 378 g/mol. The molecule has 96 valence electrons. The van der Waals surface area contributed by atoms with Crippen molar-refractivity contribution in [1.29, 1.82) is 0 Å². The standard InChI is InChI=1S/C14H20Br2S/c15-11-7-1-3-9(5-7)13(11)17-14-10-4-2-8(6-10)12(14)16/h7-14H,1-6H2/t7-,8-,9-,10+,11+,12-,13+,14-/m1/s1. The Kier molecular flexibility index (Phi) is 3.13. The van der Waals surface area contributed by atoms with Crippen LogP contribution in [0.4, 0.5) is 0 Å². The van der Waals surface area contributed by atoms with Crippen molar-refractivity contribution >= 4 is 43.6 Å². The average Bonchev–Trinajstić information content (AvgIpc) is 3.05. The van der Waals surface area contributed by atoms with Crippen LogP contribution >= 0.6 is 43.6 Å². The largest absolute Gasteiger partial charge is 0.152 e. The first-order valence-corrected chi connectivity index (χ1v) is 9.95. The van der Waals surface area contributed by atoms with Gasteiger partial charge >= 0.3 is 0 Å². The lowest BCUT2D eigenvalue weighted by Gasteiger charge is -2.34. The van der Waals surface area contributed by atoms with E-state index in [1.54, 1.807) is 0 Å². The van der Waals surface area contributed by atoms with E-state index in [1.165, 1.54) is 38.5 Å². The maximum atomic E-state index is 4.01. The predicted octanol–water partition coefficient (Wildman–Crippen LogP) is 4.84. The summed E-state index contributed by atoms with van der Waals surface area (Å²) in [7, 11) is 0. The zero-order valence-corrected chi connectivity index (χ0v) is 14.0. The molecule has 0 aromatic carbocycles. The fraction of sp³-hybridized carbons (Fsp3) is 1.00. The second kappa shape index (κ2) is 4.41. The highest BCUT2D eigenvalue weighted by Gasteiger charge is 2.52. The second-order valence-corrected chi connectivity index (χ2v) is 10.1. The molecule has 3 heteroatoms. The van der Waals surface area contributed by atoms with Gasteiger partial charge in [0.25, 0.3) is 0 Å². The maximum absolute atomic E-state index is 4.01. The molecule has 4 saturated carbocycles. The number of fused-ring (bicyclic) bond motifs is 4. The Balaban J connectivity index is 1.47. The molecular weight excluding hydrogens is 360 g/mol. The van der Waals surface area contributed by atoms with Gasteiger partial charge in [-0.05, 0) is 62.2 Å². The topological polar surface area (TPSA) is 0 Å². The van der Waals surface area contributed by atoms with Crippen molar-refractivity contribution in [2.24, 2.45) is 23.7 Å². The van der Waals surface area contributed by atoms with E-state index in [0.29, 0.717) is 0 Å². The van der Waals surface area contributed by atoms with Crippen molar-refractivity contribution in [3.8, 4) is 0 Å². The van der Waals surface area contributed by atoms with Crippen molar-refractivity contribution < 1.29 is 0 Å². The van der Waals surface area contributed by atoms with Crippen LogP contribution in [0.15, 0.2) is 0 Å². The van der Waals surface area contributed by atoms with Crippen LogP contribution in [-0.2, 0) is 0 Å². The zero-order chi connectivity index (χ0) is 11.6. The third kappa shape index (κ3) is 1.81. The highest BCUT2D eigenvalue weighted by Crippen LogP contribution is 2.59. The van der Waals surface area contributed by atoms with Crippen LogP contribution in [0, 0.1) is 23.7 Å². The normalized spacial score (nSPS) is 60.4. The minimum atomic E-state index is 0.824. The summed E-state index contributed by atoms with van der Waals surface area (Å²) in [5.74, 6) is 4.08. The molecule has 0 N–H and O–H groups in total. The van der Waals surface area contributed by atoms with Crippen molar-refractivity contribution in [1.82, 2.24) is 0 Å². The van der Waals surface area contributed by atoms with Crippen LogP contribution in [0.25, 0.3) is 0 Å². The molecule has 17 heavy (non-hydrogen) atoms. The summed E-state index contributed by atoms with van der Waals surface area (Å²) in [6, 6.07) is 0. The molecule has 4 bridgehead atoms. The van der Waals surface area contributed by atoms with E-state index >= 15 is 0 Å². The van der Waals surface area contributed by atoms with Gasteiger partial charge in [-0.2, -0.15) is 11.8 Å². The predicted molar refractivity (Wildman–Crippen MR) is 82.3 cm³/mol. The summed E-state index contributed by atoms with van der Waals surface area (Å²) >= 11 is 10.4. The molecule has 0 radical (unpaired) electrons. The molecule has 0 heterocycles. The Morgan fingerprint density at radius 2 is 1.06 bits per heavy atom. The molecule has 8 atom stereocenters. The first-order valence-electron chi connectivity index (χ1n) is 7.17. The number of hydrogen-bond acceptors (Lipinski definition) is 1. The highest BCUT2D eigenvalue weighted by atomic mass is 79.9. The van der Waals surface area contributed by atoms with Gasteiger partial charge in [0.2, 0.25) is 0 Å². The third-order valence-electron chi connectivity index (χ3n) is 5.80. The van der Waals surface area contributed by atoms with Crippen LogP contribution in [-0.4, -0.2) is 20.2 Å². The summed E-state index contributed by atoms with van der Waals surface area (Å²) < 4.78 is 0. The van der Waals surface area contributed by atoms with Gasteiger partial charge in [0, 0.05) is 20.2 Å². The Labute approximate surface area is 125 Å². The van der Waals surface area contributed by atoms with Crippen molar-refractivity contribution in [2.75, 3.05) is 0 Å². The van der Waals surface area contributed by atoms with Gasteiger partial charge < -0.3 is 0 Å². The summed E-state index contributed by atoms with van der Waals surface area (Å²) in [6.45, 7) is 0. The molecule has 0 unspecified atom stereocenters. The fourth-order valence-electron chi connectivity index (χ4n) is 4.89. The van der Waals surface area contributed by atoms with E-state index in [1.807, 2.05) is 0 Å². The second-order valence-electron chi connectivity index (χ2n) is 6.62. The van der Waals surface area contributed by atoms with Crippen LogP contribution in [0.1, 0.15) is 38.5 Å². The first kappa shape index (κ1) is 12.1. The highest BCUT2D eigenvalue weighted by molar-refractivity contribution is 9.10. The summed E-state index contributed by atoms with van der Waals surface area (Å²) in [6.07, 6.45) is 9.04. The van der Waals surface area contributed by atoms with Crippen molar-refractivity contribution in [3.63, 3.8) is 0 Å². The minimum Gasteiger partial charge on any atom is -0.152 e. The number of alkyl halides is 2. The van der Waals surface area contributed by atoms with E-state index in [-0.39, 0.29) is 0 Å². The Morgan fingerprint density at radius 1 is 0.647 bits per heavy atom. The molecule has 4 rings (SSSR count). The van der Waals surface area contributed by atoms with Gasteiger partial charge in [-0.1, -0.05) is 31.9 Å². The molecule has 4 aliphatic rings. The maximum Gasteiger partial charge on any atom is 0.0295 e. The molecule has 0 aliphatic heterocycles. The Bertz CT molecular complexity index is 287. The molecule has 4 aliphatic carbocycles. The Morgan fingerprint density at radius 3 is 1.41 bits per heavy atom.